The minimum atomic E-state index is -3.31. The summed E-state index contributed by atoms with van der Waals surface area (Å²) in [6.07, 6.45) is 1.70. The molecule has 1 aromatic rings. The van der Waals surface area contributed by atoms with Crippen molar-refractivity contribution in [3.8, 4) is 0 Å². The smallest absolute Gasteiger partial charge is 0.335 e. The molecule has 1 N–H and O–H groups in total. The largest absolute Gasteiger partial charge is 0.478 e. The van der Waals surface area contributed by atoms with E-state index in [1.807, 2.05) is 6.92 Å². The fourth-order valence-electron chi connectivity index (χ4n) is 2.24. The number of aromatic carboxylic acids is 1. The van der Waals surface area contributed by atoms with E-state index in [2.05, 4.69) is 0 Å². The molecule has 0 saturated heterocycles. The average Bonchev–Trinajstić information content (AvgIpc) is 2.51. The highest BCUT2D eigenvalue weighted by Gasteiger charge is 2.32. The summed E-state index contributed by atoms with van der Waals surface area (Å²) in [6, 6.07) is 4.36. The van der Waals surface area contributed by atoms with Crippen molar-refractivity contribution in [3.05, 3.63) is 29.3 Å². The summed E-state index contributed by atoms with van der Waals surface area (Å²) in [5.41, 5.74) is 1.54. The topological polar surface area (TPSA) is 74.7 Å². The normalized spacial score (nSPS) is 19.2. The van der Waals surface area contributed by atoms with Gasteiger partial charge in [-0.3, -0.25) is 4.31 Å². The number of hydrogen-bond acceptors (Lipinski definition) is 3. The third-order valence-electron chi connectivity index (χ3n) is 2.84. The Morgan fingerprint density at radius 1 is 1.47 bits per heavy atom. The standard InChI is InChI=1S/C11H13NO4S/c1-7-5-9-6-8(11(13)14)3-4-10(9)12(7)17(2,15)16/h3-4,6-7H,5H2,1-2H3,(H,13,14)/t7-/m1/s1. The Balaban J connectivity index is 2.53. The molecule has 17 heavy (non-hydrogen) atoms. The van der Waals surface area contributed by atoms with Crippen LogP contribution >= 0.6 is 0 Å². The predicted molar refractivity (Wildman–Crippen MR) is 63.9 cm³/mol. The molecule has 0 saturated carbocycles. The molecule has 0 bridgehead atoms. The van der Waals surface area contributed by atoms with Crippen LogP contribution in [0.2, 0.25) is 0 Å². The first kappa shape index (κ1) is 11.9. The zero-order valence-corrected chi connectivity index (χ0v) is 10.4. The molecule has 1 aliphatic rings. The third-order valence-corrected chi connectivity index (χ3v) is 4.11. The molecule has 0 aromatic heterocycles. The molecule has 1 heterocycles. The number of fused-ring (bicyclic) bond motifs is 1. The lowest BCUT2D eigenvalue weighted by atomic mass is 10.1. The van der Waals surface area contributed by atoms with Gasteiger partial charge in [0.25, 0.3) is 0 Å². The second-order valence-corrected chi connectivity index (χ2v) is 6.12. The molecule has 2 rings (SSSR count). The van der Waals surface area contributed by atoms with Gasteiger partial charge in [0, 0.05) is 6.04 Å². The third kappa shape index (κ3) is 2.00. The van der Waals surface area contributed by atoms with Crippen LogP contribution in [0, 0.1) is 0 Å². The van der Waals surface area contributed by atoms with Gasteiger partial charge in [-0.05, 0) is 37.1 Å². The summed E-state index contributed by atoms with van der Waals surface area (Å²) in [6.45, 7) is 1.81. The van der Waals surface area contributed by atoms with E-state index in [1.165, 1.54) is 10.4 Å². The molecule has 0 fully saturated rings. The van der Waals surface area contributed by atoms with Crippen LogP contribution < -0.4 is 4.31 Å². The number of carbonyl (C=O) groups is 1. The Morgan fingerprint density at radius 3 is 2.65 bits per heavy atom. The molecule has 92 valence electrons. The van der Waals surface area contributed by atoms with Crippen LogP contribution in [-0.2, 0) is 16.4 Å². The number of benzene rings is 1. The molecule has 6 heteroatoms. The second-order valence-electron chi connectivity index (χ2n) is 4.26. The van der Waals surface area contributed by atoms with Crippen LogP contribution in [0.1, 0.15) is 22.8 Å². The summed E-state index contributed by atoms with van der Waals surface area (Å²) in [4.78, 5) is 10.8. The van der Waals surface area contributed by atoms with Gasteiger partial charge in [0.1, 0.15) is 0 Å². The van der Waals surface area contributed by atoms with Crippen LogP contribution in [0.3, 0.4) is 0 Å². The SMILES string of the molecule is C[C@@H]1Cc2cc(C(=O)O)ccc2N1S(C)(=O)=O. The molecule has 1 aromatic carbocycles. The van der Waals surface area contributed by atoms with Gasteiger partial charge in [-0.2, -0.15) is 0 Å². The molecule has 1 aliphatic heterocycles. The number of sulfonamides is 1. The monoisotopic (exact) mass is 255 g/mol. The lowest BCUT2D eigenvalue weighted by Crippen LogP contribution is -2.34. The first-order valence-corrected chi connectivity index (χ1v) is 7.01. The fraction of sp³-hybridized carbons (Fsp3) is 0.364. The molecule has 1 atom stereocenters. The Bertz CT molecular complexity index is 579. The number of anilines is 1. The van der Waals surface area contributed by atoms with Crippen molar-refractivity contribution in [2.24, 2.45) is 0 Å². The van der Waals surface area contributed by atoms with E-state index in [0.29, 0.717) is 12.1 Å². The van der Waals surface area contributed by atoms with Crippen molar-refractivity contribution >= 4 is 21.7 Å². The molecule has 0 amide bonds. The number of nitrogens with zero attached hydrogens (tertiary/aromatic N) is 1. The molecule has 0 unspecified atom stereocenters. The van der Waals surface area contributed by atoms with Gasteiger partial charge in [-0.15, -0.1) is 0 Å². The Kier molecular flexibility index (Phi) is 2.61. The van der Waals surface area contributed by atoms with Gasteiger partial charge < -0.3 is 5.11 Å². The highest BCUT2D eigenvalue weighted by molar-refractivity contribution is 7.92. The van der Waals surface area contributed by atoms with E-state index in [4.69, 9.17) is 5.11 Å². The Labute approximate surface area is 99.7 Å². The van der Waals surface area contributed by atoms with E-state index in [1.54, 1.807) is 12.1 Å². The molecule has 0 spiro atoms. The quantitative estimate of drug-likeness (QED) is 0.858. The molecule has 5 nitrogen and oxygen atoms in total. The zero-order valence-electron chi connectivity index (χ0n) is 9.54. The van der Waals surface area contributed by atoms with E-state index in [9.17, 15) is 13.2 Å². The minimum Gasteiger partial charge on any atom is -0.478 e. The first-order valence-electron chi connectivity index (χ1n) is 5.16. The highest BCUT2D eigenvalue weighted by Crippen LogP contribution is 2.34. The molecular formula is C11H13NO4S. The maximum absolute atomic E-state index is 11.6. The summed E-state index contributed by atoms with van der Waals surface area (Å²) in [5, 5.41) is 8.88. The van der Waals surface area contributed by atoms with Gasteiger partial charge >= 0.3 is 5.97 Å². The van der Waals surface area contributed by atoms with Crippen LogP contribution in [0.5, 0.6) is 0 Å². The van der Waals surface area contributed by atoms with Crippen LogP contribution in [0.15, 0.2) is 18.2 Å². The van der Waals surface area contributed by atoms with Gasteiger partial charge in [-0.1, -0.05) is 0 Å². The fourth-order valence-corrected chi connectivity index (χ4v) is 3.50. The van der Waals surface area contributed by atoms with Crippen LogP contribution in [-0.4, -0.2) is 31.8 Å². The minimum absolute atomic E-state index is 0.163. The number of rotatable bonds is 2. The average molecular weight is 255 g/mol. The summed E-state index contributed by atoms with van der Waals surface area (Å²) >= 11 is 0. The van der Waals surface area contributed by atoms with E-state index in [-0.39, 0.29) is 11.6 Å². The van der Waals surface area contributed by atoms with Gasteiger partial charge in [0.05, 0.1) is 17.5 Å². The van der Waals surface area contributed by atoms with Crippen LogP contribution in [0.25, 0.3) is 0 Å². The van der Waals surface area contributed by atoms with Crippen molar-refractivity contribution in [1.82, 2.24) is 0 Å². The number of hydrogen-bond donors (Lipinski definition) is 1. The Hall–Kier alpha value is -1.56. The van der Waals surface area contributed by atoms with Crippen molar-refractivity contribution < 1.29 is 18.3 Å². The van der Waals surface area contributed by atoms with Crippen molar-refractivity contribution in [2.75, 3.05) is 10.6 Å². The van der Waals surface area contributed by atoms with E-state index >= 15 is 0 Å². The molecule has 0 aliphatic carbocycles. The number of carboxylic acids is 1. The molecule has 0 radical (unpaired) electrons. The summed E-state index contributed by atoms with van der Waals surface area (Å²) in [5.74, 6) is -1.00. The maximum atomic E-state index is 11.6. The van der Waals surface area contributed by atoms with Gasteiger partial charge in [0.15, 0.2) is 0 Å². The van der Waals surface area contributed by atoms with E-state index < -0.39 is 16.0 Å². The second kappa shape index (κ2) is 3.73. The van der Waals surface area contributed by atoms with Crippen LogP contribution in [0.4, 0.5) is 5.69 Å². The lowest BCUT2D eigenvalue weighted by molar-refractivity contribution is 0.0697. The summed E-state index contributed by atoms with van der Waals surface area (Å²) < 4.78 is 24.6. The Morgan fingerprint density at radius 2 is 2.12 bits per heavy atom. The highest BCUT2D eigenvalue weighted by atomic mass is 32.2. The predicted octanol–water partition coefficient (Wildman–Crippen LogP) is 1.10. The lowest BCUT2D eigenvalue weighted by Gasteiger charge is -2.21. The van der Waals surface area contributed by atoms with Crippen molar-refractivity contribution in [3.63, 3.8) is 0 Å². The zero-order chi connectivity index (χ0) is 12.8. The number of carboxylic acid groups (broad SMARTS) is 1. The van der Waals surface area contributed by atoms with E-state index in [0.717, 1.165) is 11.8 Å². The van der Waals surface area contributed by atoms with Gasteiger partial charge in [-0.25, -0.2) is 13.2 Å². The molecular weight excluding hydrogens is 242 g/mol. The first-order chi connectivity index (χ1) is 7.80. The van der Waals surface area contributed by atoms with Crippen molar-refractivity contribution in [2.45, 2.75) is 19.4 Å². The van der Waals surface area contributed by atoms with Crippen molar-refractivity contribution in [1.29, 1.82) is 0 Å². The maximum Gasteiger partial charge on any atom is 0.335 e. The van der Waals surface area contributed by atoms with Gasteiger partial charge in [0.2, 0.25) is 10.0 Å². The summed E-state index contributed by atoms with van der Waals surface area (Å²) in [7, 11) is -3.31.